The molecule has 0 bridgehead atoms. The Hall–Kier alpha value is -0.560. The fourth-order valence-electron chi connectivity index (χ4n) is 2.31. The predicted molar refractivity (Wildman–Crippen MR) is 70.4 cm³/mol. The van der Waals surface area contributed by atoms with E-state index in [1.807, 2.05) is 0 Å². The third-order valence-electron chi connectivity index (χ3n) is 3.83. The van der Waals surface area contributed by atoms with Crippen LogP contribution >= 0.6 is 0 Å². The van der Waals surface area contributed by atoms with Crippen molar-refractivity contribution in [3.05, 3.63) is 23.3 Å². The highest BCUT2D eigenvalue weighted by Crippen LogP contribution is 2.35. The molecule has 1 heteroatoms. The monoisotopic (exact) mass is 222 g/mol. The zero-order valence-corrected chi connectivity index (χ0v) is 11.2. The van der Waals surface area contributed by atoms with E-state index in [-0.39, 0.29) is 0 Å². The predicted octanol–water partition coefficient (Wildman–Crippen LogP) is 4.23. The summed E-state index contributed by atoms with van der Waals surface area (Å²) in [6.45, 7) is 8.61. The Kier molecular flexibility index (Phi) is 4.79. The molecule has 1 rings (SSSR count). The molecule has 0 radical (unpaired) electrons. The normalized spacial score (nSPS) is 27.2. The van der Waals surface area contributed by atoms with Crippen molar-refractivity contribution in [3.8, 4) is 0 Å². The quantitative estimate of drug-likeness (QED) is 0.706. The molecule has 1 aliphatic carbocycles. The molecule has 0 aromatic rings. The molecule has 1 aliphatic rings. The highest BCUT2D eigenvalue weighted by molar-refractivity contribution is 5.09. The smallest absolute Gasteiger partial charge is 0.0710 e. The zero-order valence-electron chi connectivity index (χ0n) is 11.2. The Labute approximate surface area is 100 Å². The average Bonchev–Trinajstić information content (AvgIpc) is 2.22. The van der Waals surface area contributed by atoms with Crippen LogP contribution in [0.2, 0.25) is 0 Å². The van der Waals surface area contributed by atoms with Crippen molar-refractivity contribution in [3.63, 3.8) is 0 Å². The first-order valence-electron chi connectivity index (χ1n) is 6.45. The molecule has 2 atom stereocenters. The van der Waals surface area contributed by atoms with Crippen molar-refractivity contribution < 1.29 is 5.11 Å². The number of aliphatic hydroxyl groups is 1. The Balaban J connectivity index is 2.47. The van der Waals surface area contributed by atoms with Gasteiger partial charge in [-0.1, -0.05) is 30.2 Å². The third-order valence-corrected chi connectivity index (χ3v) is 3.83. The number of hydrogen-bond donors (Lipinski definition) is 1. The summed E-state index contributed by atoms with van der Waals surface area (Å²) in [5.74, 6) is 0.396. The fourth-order valence-corrected chi connectivity index (χ4v) is 2.31. The summed E-state index contributed by atoms with van der Waals surface area (Å²) in [7, 11) is 0. The maximum absolute atomic E-state index is 10.6. The summed E-state index contributed by atoms with van der Waals surface area (Å²) in [6.07, 6.45) is 9.50. The van der Waals surface area contributed by atoms with Gasteiger partial charge >= 0.3 is 0 Å². The third kappa shape index (κ3) is 3.79. The minimum Gasteiger partial charge on any atom is -0.389 e. The Morgan fingerprint density at radius 2 is 2.25 bits per heavy atom. The van der Waals surface area contributed by atoms with Crippen LogP contribution in [0.5, 0.6) is 0 Å². The van der Waals surface area contributed by atoms with Crippen molar-refractivity contribution in [1.29, 1.82) is 0 Å². The van der Waals surface area contributed by atoms with Crippen LogP contribution in [0.1, 0.15) is 59.8 Å². The van der Waals surface area contributed by atoms with Crippen molar-refractivity contribution in [2.45, 2.75) is 65.4 Å². The Bertz CT molecular complexity index is 284. The van der Waals surface area contributed by atoms with Crippen molar-refractivity contribution >= 4 is 0 Å². The largest absolute Gasteiger partial charge is 0.389 e. The van der Waals surface area contributed by atoms with Crippen LogP contribution in [0.25, 0.3) is 0 Å². The van der Waals surface area contributed by atoms with E-state index in [9.17, 15) is 5.11 Å². The summed E-state index contributed by atoms with van der Waals surface area (Å²) < 4.78 is 0. The maximum Gasteiger partial charge on any atom is 0.0710 e. The van der Waals surface area contributed by atoms with Gasteiger partial charge in [0.05, 0.1) is 5.60 Å². The summed E-state index contributed by atoms with van der Waals surface area (Å²) in [6, 6.07) is 0. The van der Waals surface area contributed by atoms with Gasteiger partial charge in [0.25, 0.3) is 0 Å². The van der Waals surface area contributed by atoms with Crippen LogP contribution in [-0.4, -0.2) is 10.7 Å². The summed E-state index contributed by atoms with van der Waals surface area (Å²) in [4.78, 5) is 0. The number of allylic oxidation sites excluding steroid dienone is 3. The molecule has 0 spiro atoms. The van der Waals surface area contributed by atoms with E-state index in [0.29, 0.717) is 5.92 Å². The zero-order chi connectivity index (χ0) is 12.2. The molecule has 0 heterocycles. The number of rotatable bonds is 4. The second-order valence-corrected chi connectivity index (χ2v) is 5.62. The van der Waals surface area contributed by atoms with Crippen LogP contribution in [0.3, 0.4) is 0 Å². The van der Waals surface area contributed by atoms with Crippen molar-refractivity contribution in [2.24, 2.45) is 5.92 Å². The van der Waals surface area contributed by atoms with E-state index in [0.717, 1.165) is 32.1 Å². The molecule has 92 valence electrons. The Morgan fingerprint density at radius 3 is 2.75 bits per heavy atom. The van der Waals surface area contributed by atoms with Crippen LogP contribution in [0.15, 0.2) is 23.3 Å². The van der Waals surface area contributed by atoms with E-state index < -0.39 is 5.60 Å². The van der Waals surface area contributed by atoms with E-state index in [1.165, 1.54) is 11.1 Å². The van der Waals surface area contributed by atoms with Crippen LogP contribution in [0.4, 0.5) is 0 Å². The van der Waals surface area contributed by atoms with Gasteiger partial charge in [0.15, 0.2) is 0 Å². The second-order valence-electron chi connectivity index (χ2n) is 5.62. The van der Waals surface area contributed by atoms with Gasteiger partial charge < -0.3 is 5.11 Å². The standard InChI is InChI=1S/C15H26O/c1-12(2)6-5-7-14(4)15(16)10-8-13(3)9-11-15/h6,8,14,16H,5,7,9-11H2,1-4H3/t14-,15-/m0/s1. The lowest BCUT2D eigenvalue weighted by molar-refractivity contribution is -0.0234. The van der Waals surface area contributed by atoms with Gasteiger partial charge in [-0.2, -0.15) is 0 Å². The minimum atomic E-state index is -0.449. The molecule has 0 saturated heterocycles. The van der Waals surface area contributed by atoms with Gasteiger partial charge in [-0.05, 0) is 58.8 Å². The van der Waals surface area contributed by atoms with Crippen molar-refractivity contribution in [1.82, 2.24) is 0 Å². The SMILES string of the molecule is CC(C)=CCC[C@H](C)[C@]1(O)CC=C(C)CC1. The van der Waals surface area contributed by atoms with Crippen LogP contribution in [0, 0.1) is 5.92 Å². The first-order chi connectivity index (χ1) is 7.44. The van der Waals surface area contributed by atoms with Gasteiger partial charge in [-0.15, -0.1) is 0 Å². The molecule has 0 unspecified atom stereocenters. The molecule has 0 fully saturated rings. The average molecular weight is 222 g/mol. The Morgan fingerprint density at radius 1 is 1.56 bits per heavy atom. The molecule has 16 heavy (non-hydrogen) atoms. The lowest BCUT2D eigenvalue weighted by Gasteiger charge is -2.36. The molecular formula is C15H26O. The van der Waals surface area contributed by atoms with E-state index in [1.54, 1.807) is 0 Å². The molecule has 0 saturated carbocycles. The second kappa shape index (κ2) is 5.67. The molecule has 0 aromatic carbocycles. The van der Waals surface area contributed by atoms with Gasteiger partial charge in [0, 0.05) is 0 Å². The van der Waals surface area contributed by atoms with E-state index >= 15 is 0 Å². The fraction of sp³-hybridized carbons (Fsp3) is 0.733. The first-order valence-corrected chi connectivity index (χ1v) is 6.45. The summed E-state index contributed by atoms with van der Waals surface area (Å²) >= 11 is 0. The topological polar surface area (TPSA) is 20.2 Å². The molecule has 0 aliphatic heterocycles. The number of hydrogen-bond acceptors (Lipinski definition) is 1. The lowest BCUT2D eigenvalue weighted by atomic mass is 9.75. The molecular weight excluding hydrogens is 196 g/mol. The minimum absolute atomic E-state index is 0.396. The lowest BCUT2D eigenvalue weighted by Crippen LogP contribution is -2.37. The van der Waals surface area contributed by atoms with Gasteiger partial charge in [0.2, 0.25) is 0 Å². The van der Waals surface area contributed by atoms with Gasteiger partial charge in [-0.3, -0.25) is 0 Å². The molecule has 1 N–H and O–H groups in total. The van der Waals surface area contributed by atoms with Crippen LogP contribution in [-0.2, 0) is 0 Å². The van der Waals surface area contributed by atoms with Crippen molar-refractivity contribution in [2.75, 3.05) is 0 Å². The highest BCUT2D eigenvalue weighted by atomic mass is 16.3. The van der Waals surface area contributed by atoms with E-state index in [2.05, 4.69) is 39.8 Å². The van der Waals surface area contributed by atoms with Crippen LogP contribution < -0.4 is 0 Å². The first kappa shape index (κ1) is 13.5. The van der Waals surface area contributed by atoms with Gasteiger partial charge in [0.1, 0.15) is 0 Å². The highest BCUT2D eigenvalue weighted by Gasteiger charge is 2.33. The molecule has 1 nitrogen and oxygen atoms in total. The van der Waals surface area contributed by atoms with Gasteiger partial charge in [-0.25, -0.2) is 0 Å². The summed E-state index contributed by atoms with van der Waals surface area (Å²) in [5.41, 5.74) is 2.36. The maximum atomic E-state index is 10.6. The molecule has 0 amide bonds. The van der Waals surface area contributed by atoms with E-state index in [4.69, 9.17) is 0 Å². The molecule has 0 aromatic heterocycles. The summed E-state index contributed by atoms with van der Waals surface area (Å²) in [5, 5.41) is 10.6.